The van der Waals surface area contributed by atoms with Gasteiger partial charge in [-0.05, 0) is 29.8 Å². The van der Waals surface area contributed by atoms with E-state index in [-0.39, 0.29) is 39.6 Å². The van der Waals surface area contributed by atoms with Crippen molar-refractivity contribution >= 4 is 39.8 Å². The summed E-state index contributed by atoms with van der Waals surface area (Å²) in [6.07, 6.45) is 0.404. The summed E-state index contributed by atoms with van der Waals surface area (Å²) in [6.45, 7) is 7.27. The molecule has 8 heteroatoms. The van der Waals surface area contributed by atoms with Crippen LogP contribution in [0, 0.1) is 12.4 Å². The maximum atomic E-state index is 14.9. The number of methoxy groups -OCH3 is 1. The molecule has 1 aromatic heterocycles. The number of aromatic nitrogens is 1. The maximum Gasteiger partial charge on any atom is 0.219 e. The van der Waals surface area contributed by atoms with E-state index in [0.717, 1.165) is 6.07 Å². The summed E-state index contributed by atoms with van der Waals surface area (Å²) < 4.78 is 37.4. The zero-order valence-corrected chi connectivity index (χ0v) is 17.7. The summed E-state index contributed by atoms with van der Waals surface area (Å²) in [5, 5.41) is 3.41. The second-order valence-electron chi connectivity index (χ2n) is 7.14. The molecular formula is C23H20ClFN4O2. The van der Waals surface area contributed by atoms with Crippen LogP contribution in [-0.2, 0) is 24.3 Å². The van der Waals surface area contributed by atoms with Crippen molar-refractivity contribution in [1.82, 2.24) is 9.88 Å². The van der Waals surface area contributed by atoms with Crippen molar-refractivity contribution in [1.29, 1.82) is 0 Å². The molecule has 1 aliphatic rings. The first-order chi connectivity index (χ1) is 15.6. The van der Waals surface area contributed by atoms with Gasteiger partial charge in [0.15, 0.2) is 5.69 Å². The van der Waals surface area contributed by atoms with E-state index < -0.39 is 12.3 Å². The number of nitrogens with zero attached hydrogens (tertiary/aromatic N) is 3. The van der Waals surface area contributed by atoms with Crippen molar-refractivity contribution in [2.24, 2.45) is 0 Å². The highest BCUT2D eigenvalue weighted by Crippen LogP contribution is 2.36. The molecule has 0 spiro atoms. The summed E-state index contributed by atoms with van der Waals surface area (Å²) >= 11 is 6.21. The van der Waals surface area contributed by atoms with Crippen molar-refractivity contribution in [3.8, 4) is 5.75 Å². The zero-order valence-electron chi connectivity index (χ0n) is 18.9. The fraction of sp³-hybridized carbons (Fsp3) is 0.261. The number of hydrogen-bond acceptors (Lipinski definition) is 4. The molecule has 2 aromatic carbocycles. The minimum absolute atomic E-state index is 0.0449. The number of carbonyl (C=O) groups is 1. The standard InChI is InChI=1S/C23H20ClFN4O2/c1-13(30)29-7-6-20-17(12-29)22(16-9-15(26-2)10-19(25)23(16)28-20)27-11-14-4-5-21(31-3)18(24)8-14/h4-5,8-10H,6-7,11-12H2,1,3H3,(H,27,28)/i11D2. The van der Waals surface area contributed by atoms with Gasteiger partial charge in [0, 0.05) is 49.6 Å². The molecule has 1 N–H and O–H groups in total. The Balaban J connectivity index is 1.91. The van der Waals surface area contributed by atoms with Crippen LogP contribution < -0.4 is 10.1 Å². The Hall–Kier alpha value is -3.37. The second kappa shape index (κ2) is 8.40. The number of carbonyl (C=O) groups excluding carboxylic acids is 1. The normalized spacial score (nSPS) is 14.4. The lowest BCUT2D eigenvalue weighted by molar-refractivity contribution is -0.129. The molecule has 31 heavy (non-hydrogen) atoms. The molecule has 0 saturated heterocycles. The van der Waals surface area contributed by atoms with Gasteiger partial charge in [-0.1, -0.05) is 17.7 Å². The van der Waals surface area contributed by atoms with Gasteiger partial charge in [-0.2, -0.15) is 0 Å². The average molecular weight is 441 g/mol. The smallest absolute Gasteiger partial charge is 0.219 e. The van der Waals surface area contributed by atoms with Crippen molar-refractivity contribution in [3.05, 3.63) is 69.4 Å². The molecule has 1 aliphatic heterocycles. The van der Waals surface area contributed by atoms with Crippen LogP contribution in [0.4, 0.5) is 15.8 Å². The van der Waals surface area contributed by atoms with Crippen LogP contribution in [0.25, 0.3) is 15.7 Å². The molecule has 0 atom stereocenters. The molecule has 1 amide bonds. The predicted octanol–water partition coefficient (Wildman–Crippen LogP) is 5.10. The number of pyridine rings is 1. The lowest BCUT2D eigenvalue weighted by atomic mass is 9.99. The van der Waals surface area contributed by atoms with Crippen molar-refractivity contribution < 1.29 is 16.7 Å². The first-order valence-corrected chi connectivity index (χ1v) is 9.92. The largest absolute Gasteiger partial charge is 0.495 e. The number of nitrogens with one attached hydrogen (secondary N) is 1. The van der Waals surface area contributed by atoms with Gasteiger partial charge in [0.25, 0.3) is 0 Å². The molecule has 0 unspecified atom stereocenters. The van der Waals surface area contributed by atoms with Gasteiger partial charge in [0.2, 0.25) is 5.91 Å². The number of anilines is 1. The number of fused-ring (bicyclic) bond motifs is 2. The lowest BCUT2D eigenvalue weighted by Crippen LogP contribution is -2.35. The number of benzene rings is 2. The van der Waals surface area contributed by atoms with Crippen LogP contribution in [-0.4, -0.2) is 29.4 Å². The minimum atomic E-state index is -2.12. The molecule has 0 radical (unpaired) electrons. The van der Waals surface area contributed by atoms with Crippen LogP contribution in [0.5, 0.6) is 5.75 Å². The zero-order chi connectivity index (χ0) is 23.9. The summed E-state index contributed by atoms with van der Waals surface area (Å²) in [5.41, 5.74) is 1.81. The predicted molar refractivity (Wildman–Crippen MR) is 118 cm³/mol. The Morgan fingerprint density at radius 2 is 2.26 bits per heavy atom. The van der Waals surface area contributed by atoms with Gasteiger partial charge >= 0.3 is 0 Å². The van der Waals surface area contributed by atoms with Crippen LogP contribution >= 0.6 is 11.6 Å². The average Bonchev–Trinajstić information content (AvgIpc) is 2.78. The Labute approximate surface area is 187 Å². The Bertz CT molecular complexity index is 1330. The molecule has 6 nitrogen and oxygen atoms in total. The number of ether oxygens (including phenoxy) is 1. The molecule has 0 aliphatic carbocycles. The molecule has 0 bridgehead atoms. The van der Waals surface area contributed by atoms with Gasteiger partial charge in [-0.25, -0.2) is 14.2 Å². The van der Waals surface area contributed by atoms with Crippen LogP contribution in [0.2, 0.25) is 5.02 Å². The van der Waals surface area contributed by atoms with E-state index in [4.69, 9.17) is 25.7 Å². The Morgan fingerprint density at radius 1 is 1.45 bits per heavy atom. The highest BCUT2D eigenvalue weighted by atomic mass is 35.5. The van der Waals surface area contributed by atoms with Gasteiger partial charge in [-0.3, -0.25) is 4.79 Å². The minimum Gasteiger partial charge on any atom is -0.495 e. The van der Waals surface area contributed by atoms with E-state index in [1.807, 2.05) is 0 Å². The SMILES string of the molecule is [2H]C([2H])(Nc1c2c(nc3c(F)cc([N+]#[C-])cc13)CCN(C(C)=O)C2)c1ccc(OC)c(Cl)c1. The van der Waals surface area contributed by atoms with Crippen LogP contribution in [0.1, 0.15) is 26.5 Å². The summed E-state index contributed by atoms with van der Waals surface area (Å²) in [4.78, 5) is 21.4. The number of amides is 1. The van der Waals surface area contributed by atoms with Crippen LogP contribution in [0.15, 0.2) is 30.3 Å². The Morgan fingerprint density at radius 3 is 2.94 bits per heavy atom. The lowest BCUT2D eigenvalue weighted by Gasteiger charge is -2.30. The molecular weight excluding hydrogens is 419 g/mol. The van der Waals surface area contributed by atoms with Crippen molar-refractivity contribution in [2.45, 2.75) is 26.4 Å². The third kappa shape index (κ3) is 3.99. The summed E-state index contributed by atoms with van der Waals surface area (Å²) in [5.74, 6) is -0.382. The van der Waals surface area contributed by atoms with Crippen molar-refractivity contribution in [2.75, 3.05) is 19.0 Å². The fourth-order valence-corrected chi connectivity index (χ4v) is 3.90. The molecule has 2 heterocycles. The first kappa shape index (κ1) is 18.4. The molecule has 158 valence electrons. The fourth-order valence-electron chi connectivity index (χ4n) is 3.64. The molecule has 4 rings (SSSR count). The molecule has 3 aromatic rings. The maximum absolute atomic E-state index is 14.9. The van der Waals surface area contributed by atoms with E-state index in [1.165, 1.54) is 26.2 Å². The van der Waals surface area contributed by atoms with E-state index in [0.29, 0.717) is 35.7 Å². The topological polar surface area (TPSA) is 58.8 Å². The number of halogens is 2. The van der Waals surface area contributed by atoms with Gasteiger partial charge in [0.05, 0.1) is 27.1 Å². The molecule has 0 saturated carbocycles. The molecule has 0 fully saturated rings. The van der Waals surface area contributed by atoms with E-state index >= 15 is 0 Å². The van der Waals surface area contributed by atoms with Crippen LogP contribution in [0.3, 0.4) is 0 Å². The van der Waals surface area contributed by atoms with E-state index in [2.05, 4.69) is 15.1 Å². The van der Waals surface area contributed by atoms with Crippen molar-refractivity contribution in [3.63, 3.8) is 0 Å². The Kier molecular flexibility index (Phi) is 4.99. The number of rotatable bonds is 4. The quantitative estimate of drug-likeness (QED) is 0.573. The highest BCUT2D eigenvalue weighted by Gasteiger charge is 2.25. The monoisotopic (exact) mass is 440 g/mol. The first-order valence-electron chi connectivity index (χ1n) is 10.5. The third-order valence-corrected chi connectivity index (χ3v) is 5.54. The van der Waals surface area contributed by atoms with Gasteiger partial charge < -0.3 is 15.0 Å². The third-order valence-electron chi connectivity index (χ3n) is 5.24. The van der Waals surface area contributed by atoms with Gasteiger partial charge in [0.1, 0.15) is 17.1 Å². The van der Waals surface area contributed by atoms with E-state index in [9.17, 15) is 9.18 Å². The summed E-state index contributed by atoms with van der Waals surface area (Å²) in [6, 6.07) is 7.15. The number of hydrogen-bond donors (Lipinski definition) is 1. The van der Waals surface area contributed by atoms with E-state index in [1.54, 1.807) is 17.0 Å². The summed E-state index contributed by atoms with van der Waals surface area (Å²) in [7, 11) is 1.47. The second-order valence-corrected chi connectivity index (χ2v) is 7.54. The highest BCUT2D eigenvalue weighted by molar-refractivity contribution is 6.32. The van der Waals surface area contributed by atoms with Gasteiger partial charge in [-0.15, -0.1) is 0 Å².